The van der Waals surface area contributed by atoms with Crippen LogP contribution in [0.4, 0.5) is 11.4 Å². The number of carbonyl (C=O) groups excluding carboxylic acids is 2. The summed E-state index contributed by atoms with van der Waals surface area (Å²) in [4.78, 5) is 25.9. The van der Waals surface area contributed by atoms with Gasteiger partial charge < -0.3 is 10.2 Å². The van der Waals surface area contributed by atoms with Gasteiger partial charge in [-0.15, -0.1) is 0 Å². The first kappa shape index (κ1) is 14.3. The molecule has 112 valence electrons. The highest BCUT2D eigenvalue weighted by atomic mass is 16.2. The molecular formula is C18H18N2O2. The Bertz CT molecular complexity index is 707. The highest BCUT2D eigenvalue weighted by molar-refractivity contribution is 6.10. The molecule has 0 aliphatic carbocycles. The van der Waals surface area contributed by atoms with E-state index in [1.807, 2.05) is 48.5 Å². The van der Waals surface area contributed by atoms with Crippen LogP contribution >= 0.6 is 0 Å². The molecular weight excluding hydrogens is 276 g/mol. The molecule has 2 aromatic rings. The molecule has 0 saturated carbocycles. The molecule has 2 aromatic carbocycles. The fourth-order valence-corrected chi connectivity index (χ4v) is 2.62. The molecule has 0 unspecified atom stereocenters. The largest absolute Gasteiger partial charge is 0.323 e. The number of anilines is 2. The van der Waals surface area contributed by atoms with E-state index in [4.69, 9.17) is 0 Å². The summed E-state index contributed by atoms with van der Waals surface area (Å²) in [5.41, 5.74) is 3.66. The number of hydrogen-bond donors (Lipinski definition) is 1. The van der Waals surface area contributed by atoms with E-state index in [0.29, 0.717) is 12.1 Å². The van der Waals surface area contributed by atoms with Crippen LogP contribution in [-0.4, -0.2) is 18.4 Å². The van der Waals surface area contributed by atoms with Gasteiger partial charge in [-0.25, -0.2) is 0 Å². The van der Waals surface area contributed by atoms with Crippen molar-refractivity contribution in [2.75, 3.05) is 16.8 Å². The monoisotopic (exact) mass is 294 g/mol. The minimum absolute atomic E-state index is 0.0634. The van der Waals surface area contributed by atoms with E-state index in [1.54, 1.807) is 4.90 Å². The number of benzene rings is 2. The topological polar surface area (TPSA) is 49.4 Å². The third-order valence-corrected chi connectivity index (χ3v) is 3.86. The van der Waals surface area contributed by atoms with Crippen LogP contribution < -0.4 is 10.2 Å². The van der Waals surface area contributed by atoms with E-state index in [0.717, 1.165) is 17.7 Å². The van der Waals surface area contributed by atoms with Crippen molar-refractivity contribution >= 4 is 23.2 Å². The van der Waals surface area contributed by atoms with E-state index in [9.17, 15) is 9.59 Å². The number of amides is 2. The Morgan fingerprint density at radius 1 is 1.09 bits per heavy atom. The molecule has 22 heavy (non-hydrogen) atoms. The molecule has 0 spiro atoms. The molecule has 1 aliphatic heterocycles. The number of hydrogen-bond acceptors (Lipinski definition) is 2. The Morgan fingerprint density at radius 2 is 1.77 bits per heavy atom. The van der Waals surface area contributed by atoms with Gasteiger partial charge in [0.1, 0.15) is 6.54 Å². The number of nitrogens with zero attached hydrogens (tertiary/aromatic N) is 1. The summed E-state index contributed by atoms with van der Waals surface area (Å²) in [6.45, 7) is 2.17. The van der Waals surface area contributed by atoms with E-state index < -0.39 is 0 Å². The second-order valence-corrected chi connectivity index (χ2v) is 5.39. The number of nitrogens with one attached hydrogen (secondary N) is 1. The van der Waals surface area contributed by atoms with Crippen molar-refractivity contribution < 1.29 is 9.59 Å². The molecule has 0 saturated heterocycles. The first-order valence-electron chi connectivity index (χ1n) is 7.44. The van der Waals surface area contributed by atoms with Crippen molar-refractivity contribution in [2.45, 2.75) is 19.8 Å². The smallest absolute Gasteiger partial charge is 0.244 e. The lowest BCUT2D eigenvalue weighted by Gasteiger charge is -2.29. The zero-order valence-electron chi connectivity index (χ0n) is 12.5. The maximum Gasteiger partial charge on any atom is 0.244 e. The summed E-state index contributed by atoms with van der Waals surface area (Å²) in [5.74, 6) is -0.222. The van der Waals surface area contributed by atoms with Gasteiger partial charge in [0.15, 0.2) is 0 Å². The molecule has 1 aliphatic rings. The van der Waals surface area contributed by atoms with Crippen molar-refractivity contribution in [1.29, 1.82) is 0 Å². The summed E-state index contributed by atoms with van der Waals surface area (Å²) < 4.78 is 0. The number of fused-ring (bicyclic) bond motifs is 1. The minimum atomic E-state index is -0.159. The first-order valence-corrected chi connectivity index (χ1v) is 7.44. The highest BCUT2D eigenvalue weighted by Crippen LogP contribution is 2.29. The molecule has 1 N–H and O–H groups in total. The van der Waals surface area contributed by atoms with Gasteiger partial charge in [-0.2, -0.15) is 0 Å². The summed E-state index contributed by atoms with van der Waals surface area (Å²) in [6, 6.07) is 15.4. The maximum atomic E-state index is 12.6. The van der Waals surface area contributed by atoms with Gasteiger partial charge in [-0.05, 0) is 29.7 Å². The van der Waals surface area contributed by atoms with Gasteiger partial charge in [0.25, 0.3) is 0 Å². The summed E-state index contributed by atoms with van der Waals surface area (Å²) in [7, 11) is 0. The van der Waals surface area contributed by atoms with E-state index in [-0.39, 0.29) is 18.4 Å². The van der Waals surface area contributed by atoms with Crippen LogP contribution in [0.5, 0.6) is 0 Å². The Hall–Kier alpha value is -2.62. The van der Waals surface area contributed by atoms with Crippen LogP contribution in [0.1, 0.15) is 18.1 Å². The highest BCUT2D eigenvalue weighted by Gasteiger charge is 2.26. The van der Waals surface area contributed by atoms with Crippen molar-refractivity contribution in [3.63, 3.8) is 0 Å². The molecule has 0 bridgehead atoms. The van der Waals surface area contributed by atoms with E-state index in [1.165, 1.54) is 5.56 Å². The fourth-order valence-electron chi connectivity index (χ4n) is 2.62. The Balaban J connectivity index is 1.81. The molecule has 0 aromatic heterocycles. The molecule has 4 nitrogen and oxygen atoms in total. The zero-order chi connectivity index (χ0) is 15.5. The zero-order valence-corrected chi connectivity index (χ0v) is 12.5. The van der Waals surface area contributed by atoms with Crippen molar-refractivity contribution in [1.82, 2.24) is 0 Å². The predicted octanol–water partition coefficient (Wildman–Crippen LogP) is 2.78. The fraction of sp³-hybridized carbons (Fsp3) is 0.222. The molecule has 0 atom stereocenters. The second-order valence-electron chi connectivity index (χ2n) is 5.39. The Morgan fingerprint density at radius 3 is 2.50 bits per heavy atom. The lowest BCUT2D eigenvalue weighted by atomic mass is 10.1. The van der Waals surface area contributed by atoms with Gasteiger partial charge in [0.05, 0.1) is 17.8 Å². The average Bonchev–Trinajstić information content (AvgIpc) is 2.54. The average molecular weight is 294 g/mol. The molecule has 2 amide bonds. The molecule has 0 fully saturated rings. The van der Waals surface area contributed by atoms with Gasteiger partial charge in [-0.1, -0.05) is 43.3 Å². The summed E-state index contributed by atoms with van der Waals surface area (Å²) >= 11 is 0. The van der Waals surface area contributed by atoms with Gasteiger partial charge in [0.2, 0.25) is 11.8 Å². The molecule has 3 rings (SSSR count). The third-order valence-electron chi connectivity index (χ3n) is 3.86. The molecule has 0 radical (unpaired) electrons. The molecule has 4 heteroatoms. The van der Waals surface area contributed by atoms with Gasteiger partial charge in [0, 0.05) is 0 Å². The predicted molar refractivity (Wildman–Crippen MR) is 86.9 cm³/mol. The van der Waals surface area contributed by atoms with E-state index >= 15 is 0 Å². The lowest BCUT2D eigenvalue weighted by Crippen LogP contribution is -2.42. The number of carbonyl (C=O) groups is 2. The Kier molecular flexibility index (Phi) is 3.92. The summed E-state index contributed by atoms with van der Waals surface area (Å²) in [5, 5.41) is 2.79. The molecule has 1 heterocycles. The van der Waals surface area contributed by atoms with Crippen LogP contribution in [0.25, 0.3) is 0 Å². The van der Waals surface area contributed by atoms with Crippen LogP contribution in [0.3, 0.4) is 0 Å². The number of rotatable bonds is 3. The Labute approximate surface area is 129 Å². The second kappa shape index (κ2) is 6.02. The van der Waals surface area contributed by atoms with Gasteiger partial charge >= 0.3 is 0 Å². The van der Waals surface area contributed by atoms with Crippen LogP contribution in [0.2, 0.25) is 0 Å². The number of para-hydroxylation sites is 2. The van der Waals surface area contributed by atoms with Crippen molar-refractivity contribution in [3.05, 3.63) is 59.7 Å². The first-order chi connectivity index (χ1) is 10.7. The van der Waals surface area contributed by atoms with Crippen molar-refractivity contribution in [2.24, 2.45) is 0 Å². The minimum Gasteiger partial charge on any atom is -0.323 e. The maximum absolute atomic E-state index is 12.6. The third kappa shape index (κ3) is 2.86. The number of aryl methyl sites for hydroxylation is 1. The lowest BCUT2D eigenvalue weighted by molar-refractivity contribution is -0.121. The van der Waals surface area contributed by atoms with E-state index in [2.05, 4.69) is 12.2 Å². The quantitative estimate of drug-likeness (QED) is 0.946. The van der Waals surface area contributed by atoms with Crippen LogP contribution in [0.15, 0.2) is 48.5 Å². The van der Waals surface area contributed by atoms with Gasteiger partial charge in [-0.3, -0.25) is 9.59 Å². The normalized spacial score (nSPS) is 13.5. The van der Waals surface area contributed by atoms with Crippen molar-refractivity contribution in [3.8, 4) is 0 Å². The SMILES string of the molecule is CCc1ccc(CC(=O)N2CC(=O)Nc3ccccc32)cc1. The van der Waals surface area contributed by atoms with Crippen LogP contribution in [-0.2, 0) is 22.4 Å². The van der Waals surface area contributed by atoms with Crippen LogP contribution in [0, 0.1) is 0 Å². The summed E-state index contributed by atoms with van der Waals surface area (Å²) in [6.07, 6.45) is 1.28. The standard InChI is InChI=1S/C18H18N2O2/c1-2-13-7-9-14(10-8-13)11-18(22)20-12-17(21)19-15-5-3-4-6-16(15)20/h3-10H,2,11-12H2,1H3,(H,19,21).